The third-order valence-corrected chi connectivity index (χ3v) is 12.5. The molecule has 0 aliphatic carbocycles. The molecule has 2 heteroatoms. The maximum Gasteiger partial charge on any atom is 0.305 e. The minimum absolute atomic E-state index is 0.00541. The lowest BCUT2D eigenvalue weighted by Crippen LogP contribution is -2.04. The molecule has 0 bridgehead atoms. The molecule has 0 heterocycles. The molecule has 0 aromatic carbocycles. The highest BCUT2D eigenvalue weighted by molar-refractivity contribution is 5.69. The monoisotopic (exact) mass is 775 g/mol. The molecule has 0 fully saturated rings. The van der Waals surface area contributed by atoms with Gasteiger partial charge in [-0.25, -0.2) is 0 Å². The van der Waals surface area contributed by atoms with Gasteiger partial charge in [0.05, 0.1) is 6.61 Å². The van der Waals surface area contributed by atoms with Crippen molar-refractivity contribution in [1.82, 2.24) is 0 Å². The van der Waals surface area contributed by atoms with E-state index in [2.05, 4.69) is 6.92 Å². The van der Waals surface area contributed by atoms with Crippen molar-refractivity contribution in [1.29, 1.82) is 0 Å². The van der Waals surface area contributed by atoms with Gasteiger partial charge in [0.1, 0.15) is 0 Å². The van der Waals surface area contributed by atoms with Crippen molar-refractivity contribution in [2.24, 2.45) is 0 Å². The molecule has 0 N–H and O–H groups in total. The van der Waals surface area contributed by atoms with Gasteiger partial charge in [0.2, 0.25) is 0 Å². The van der Waals surface area contributed by atoms with Gasteiger partial charge in [-0.1, -0.05) is 309 Å². The highest BCUT2D eigenvalue weighted by Gasteiger charge is 2.02. The Bertz CT molecular complexity index is 673. The standard InChI is InChI=1S/C53H106O2/c1-3-5-6-7-8-9-10-11-12-13-14-15-16-17-18-19-20-21-22-23-24-25-26-27-28-29-30-31-32-33-34-35-36-37-38-39-40-41-42-43-44-45-46-47-48-49-50-51-53(54)55-52-4-2/h3-52H2,1-2H3. The molecule has 0 aliphatic heterocycles. The summed E-state index contributed by atoms with van der Waals surface area (Å²) >= 11 is 0. The van der Waals surface area contributed by atoms with Gasteiger partial charge in [-0.3, -0.25) is 4.79 Å². The number of hydrogen-bond acceptors (Lipinski definition) is 2. The van der Waals surface area contributed by atoms with Crippen LogP contribution in [0.5, 0.6) is 0 Å². The number of hydrogen-bond donors (Lipinski definition) is 0. The second-order valence-corrected chi connectivity index (χ2v) is 18.2. The average Bonchev–Trinajstić information content (AvgIpc) is 3.19. The minimum Gasteiger partial charge on any atom is -0.466 e. The zero-order valence-electron chi connectivity index (χ0n) is 38.7. The third-order valence-electron chi connectivity index (χ3n) is 12.5. The van der Waals surface area contributed by atoms with Crippen LogP contribution in [0, 0.1) is 0 Å². The molecule has 0 saturated carbocycles. The molecule has 330 valence electrons. The zero-order valence-corrected chi connectivity index (χ0v) is 38.7. The number of unbranched alkanes of at least 4 members (excludes halogenated alkanes) is 46. The Hall–Kier alpha value is -0.530. The molecule has 55 heavy (non-hydrogen) atoms. The molecule has 0 rings (SSSR count). The van der Waals surface area contributed by atoms with Crippen LogP contribution in [0.15, 0.2) is 0 Å². The summed E-state index contributed by atoms with van der Waals surface area (Å²) in [7, 11) is 0. The Morgan fingerprint density at radius 2 is 0.400 bits per heavy atom. The second-order valence-electron chi connectivity index (χ2n) is 18.2. The number of carbonyl (C=O) groups excluding carboxylic acids is 1. The van der Waals surface area contributed by atoms with E-state index in [1.54, 1.807) is 0 Å². The average molecular weight is 775 g/mol. The third kappa shape index (κ3) is 51.5. The number of ether oxygens (including phenoxy) is 1. The van der Waals surface area contributed by atoms with Crippen LogP contribution in [0.1, 0.15) is 328 Å². The van der Waals surface area contributed by atoms with Crippen LogP contribution in [0.2, 0.25) is 0 Å². The molecule has 0 spiro atoms. The van der Waals surface area contributed by atoms with Crippen molar-refractivity contribution >= 4 is 5.97 Å². The van der Waals surface area contributed by atoms with Crippen molar-refractivity contribution in [3.05, 3.63) is 0 Å². The van der Waals surface area contributed by atoms with Crippen molar-refractivity contribution in [2.75, 3.05) is 6.61 Å². The molecule has 2 nitrogen and oxygen atoms in total. The lowest BCUT2D eigenvalue weighted by Gasteiger charge is -2.05. The molecule has 0 unspecified atom stereocenters. The lowest BCUT2D eigenvalue weighted by atomic mass is 10.0. The summed E-state index contributed by atoms with van der Waals surface area (Å²) in [6, 6.07) is 0. The van der Waals surface area contributed by atoms with E-state index < -0.39 is 0 Å². The van der Waals surface area contributed by atoms with Crippen LogP contribution in [0.25, 0.3) is 0 Å². The van der Waals surface area contributed by atoms with Crippen LogP contribution >= 0.6 is 0 Å². The van der Waals surface area contributed by atoms with Gasteiger partial charge < -0.3 is 4.74 Å². The number of rotatable bonds is 50. The van der Waals surface area contributed by atoms with Crippen LogP contribution in [0.3, 0.4) is 0 Å². The van der Waals surface area contributed by atoms with E-state index in [1.165, 1.54) is 295 Å². The predicted octanol–water partition coefficient (Wildman–Crippen LogP) is 19.7. The van der Waals surface area contributed by atoms with Gasteiger partial charge in [-0.05, 0) is 12.8 Å². The molecule has 0 amide bonds. The zero-order chi connectivity index (χ0) is 39.6. The minimum atomic E-state index is -0.00541. The largest absolute Gasteiger partial charge is 0.466 e. The SMILES string of the molecule is CCCCCCCCCCCCCCCCCCCCCCCCCCCCCCCCCCCCCCCCCCCCCCCCCC(=O)OCCC. The number of esters is 1. The predicted molar refractivity (Wildman–Crippen MR) is 249 cm³/mol. The Morgan fingerprint density at radius 1 is 0.236 bits per heavy atom. The molecule has 0 aliphatic rings. The molecular formula is C53H106O2. The van der Waals surface area contributed by atoms with Crippen molar-refractivity contribution in [3.8, 4) is 0 Å². The Morgan fingerprint density at radius 3 is 0.564 bits per heavy atom. The van der Waals surface area contributed by atoms with Crippen molar-refractivity contribution in [3.63, 3.8) is 0 Å². The molecule has 0 radical (unpaired) electrons. The van der Waals surface area contributed by atoms with E-state index in [1.807, 2.05) is 6.92 Å². The smallest absolute Gasteiger partial charge is 0.305 e. The summed E-state index contributed by atoms with van der Waals surface area (Å²) in [6.07, 6.45) is 69.6. The first kappa shape index (κ1) is 54.5. The fourth-order valence-electron chi connectivity index (χ4n) is 8.59. The highest BCUT2D eigenvalue weighted by atomic mass is 16.5. The number of carbonyl (C=O) groups is 1. The van der Waals surface area contributed by atoms with Crippen molar-refractivity contribution < 1.29 is 9.53 Å². The molecular weight excluding hydrogens is 669 g/mol. The lowest BCUT2D eigenvalue weighted by molar-refractivity contribution is -0.143. The Kier molecular flexibility index (Phi) is 51.0. The van der Waals surface area contributed by atoms with Crippen molar-refractivity contribution in [2.45, 2.75) is 328 Å². The summed E-state index contributed by atoms with van der Waals surface area (Å²) in [6.45, 7) is 4.93. The van der Waals surface area contributed by atoms with Crippen LogP contribution in [-0.2, 0) is 9.53 Å². The molecule has 0 atom stereocenters. The normalized spacial score (nSPS) is 11.5. The van der Waals surface area contributed by atoms with Gasteiger partial charge in [-0.2, -0.15) is 0 Å². The van der Waals surface area contributed by atoms with Crippen LogP contribution in [0.4, 0.5) is 0 Å². The van der Waals surface area contributed by atoms with Gasteiger partial charge in [0, 0.05) is 6.42 Å². The maximum atomic E-state index is 11.5. The van der Waals surface area contributed by atoms with Gasteiger partial charge >= 0.3 is 5.97 Å². The van der Waals surface area contributed by atoms with Gasteiger partial charge in [0.25, 0.3) is 0 Å². The Balaban J connectivity index is 3.07. The topological polar surface area (TPSA) is 26.3 Å². The van der Waals surface area contributed by atoms with E-state index in [4.69, 9.17) is 4.74 Å². The highest BCUT2D eigenvalue weighted by Crippen LogP contribution is 2.18. The van der Waals surface area contributed by atoms with Crippen LogP contribution in [-0.4, -0.2) is 12.6 Å². The summed E-state index contributed by atoms with van der Waals surface area (Å²) in [4.78, 5) is 11.5. The second kappa shape index (κ2) is 51.5. The first-order valence-corrected chi connectivity index (χ1v) is 26.5. The fourth-order valence-corrected chi connectivity index (χ4v) is 8.59. The molecule has 0 aromatic rings. The summed E-state index contributed by atoms with van der Waals surface area (Å²) in [5.41, 5.74) is 0. The fraction of sp³-hybridized carbons (Fsp3) is 0.981. The van der Waals surface area contributed by atoms with E-state index in [9.17, 15) is 4.79 Å². The van der Waals surface area contributed by atoms with E-state index in [-0.39, 0.29) is 5.97 Å². The summed E-state index contributed by atoms with van der Waals surface area (Å²) < 4.78 is 5.14. The van der Waals surface area contributed by atoms with Gasteiger partial charge in [0.15, 0.2) is 0 Å². The van der Waals surface area contributed by atoms with Gasteiger partial charge in [-0.15, -0.1) is 0 Å². The van der Waals surface area contributed by atoms with Crippen LogP contribution < -0.4 is 0 Å². The molecule has 0 saturated heterocycles. The Labute approximate surface area is 349 Å². The first-order chi connectivity index (χ1) is 27.3. The first-order valence-electron chi connectivity index (χ1n) is 26.5. The van der Waals surface area contributed by atoms with E-state index >= 15 is 0 Å². The summed E-state index contributed by atoms with van der Waals surface area (Å²) in [5, 5.41) is 0. The molecule has 0 aromatic heterocycles. The maximum absolute atomic E-state index is 11.5. The van der Waals surface area contributed by atoms with E-state index in [0.717, 1.165) is 12.8 Å². The summed E-state index contributed by atoms with van der Waals surface area (Å²) in [5.74, 6) is -0.00541. The quantitative estimate of drug-likeness (QED) is 0.0454. The van der Waals surface area contributed by atoms with E-state index in [0.29, 0.717) is 13.0 Å².